The summed E-state index contributed by atoms with van der Waals surface area (Å²) in [6.45, 7) is 9.43. The highest BCUT2D eigenvalue weighted by molar-refractivity contribution is 5.93. The van der Waals surface area contributed by atoms with Crippen LogP contribution in [0, 0.1) is 29.6 Å². The summed E-state index contributed by atoms with van der Waals surface area (Å²) in [5.74, 6) is -0.526. The molecule has 5 atom stereocenters. The molecule has 162 valence electrons. The van der Waals surface area contributed by atoms with Crippen molar-refractivity contribution in [3.8, 4) is 0 Å². The molecule has 0 radical (unpaired) electrons. The Morgan fingerprint density at radius 2 is 1.75 bits per heavy atom. The molecule has 0 heterocycles. The van der Waals surface area contributed by atoms with Gasteiger partial charge in [0.05, 0.1) is 18.1 Å². The van der Waals surface area contributed by atoms with E-state index < -0.39 is 24.0 Å². The van der Waals surface area contributed by atoms with Gasteiger partial charge in [0.1, 0.15) is 5.78 Å². The number of hydrogen-bond acceptors (Lipinski definition) is 5. The van der Waals surface area contributed by atoms with Crippen molar-refractivity contribution in [3.05, 3.63) is 0 Å². The predicted octanol–water partition coefficient (Wildman–Crippen LogP) is 2.46. The number of rotatable bonds is 11. The van der Waals surface area contributed by atoms with Gasteiger partial charge >= 0.3 is 0 Å². The van der Waals surface area contributed by atoms with Crippen molar-refractivity contribution < 1.29 is 19.5 Å². The van der Waals surface area contributed by atoms with Crippen LogP contribution in [0.15, 0.2) is 0 Å². The molecule has 1 aliphatic rings. The quantitative estimate of drug-likeness (QED) is 0.497. The van der Waals surface area contributed by atoms with Crippen LogP contribution < -0.4 is 11.1 Å². The fraction of sp³-hybridized carbons (Fsp3) is 0.864. The van der Waals surface area contributed by atoms with Crippen molar-refractivity contribution in [1.82, 2.24) is 5.32 Å². The van der Waals surface area contributed by atoms with E-state index in [9.17, 15) is 19.5 Å². The molecule has 1 unspecified atom stereocenters. The second kappa shape index (κ2) is 11.7. The molecule has 0 aromatic heterocycles. The molecule has 0 saturated heterocycles. The van der Waals surface area contributed by atoms with E-state index in [1.165, 1.54) is 6.92 Å². The highest BCUT2D eigenvalue weighted by atomic mass is 16.3. The van der Waals surface area contributed by atoms with Crippen LogP contribution in [-0.4, -0.2) is 41.3 Å². The molecule has 1 fully saturated rings. The Morgan fingerprint density at radius 3 is 2.25 bits per heavy atom. The van der Waals surface area contributed by atoms with Crippen molar-refractivity contribution in [3.63, 3.8) is 0 Å². The molecule has 1 amide bonds. The smallest absolute Gasteiger partial charge is 0.226 e. The van der Waals surface area contributed by atoms with Crippen molar-refractivity contribution in [1.29, 1.82) is 0 Å². The number of Topliss-reactive ketones (excluding diaryl/α,β-unsaturated/α-hetero) is 2. The fourth-order valence-electron chi connectivity index (χ4n) is 4.26. The van der Waals surface area contributed by atoms with Crippen molar-refractivity contribution in [2.24, 2.45) is 35.3 Å². The van der Waals surface area contributed by atoms with E-state index in [1.54, 1.807) is 13.8 Å². The second-order valence-corrected chi connectivity index (χ2v) is 9.23. The highest BCUT2D eigenvalue weighted by Gasteiger charge is 2.34. The lowest BCUT2D eigenvalue weighted by Crippen LogP contribution is -2.51. The lowest BCUT2D eigenvalue weighted by atomic mass is 9.74. The molecular formula is C22H40N2O4. The molecule has 0 spiro atoms. The molecule has 0 aromatic rings. The maximum absolute atomic E-state index is 12.9. The van der Waals surface area contributed by atoms with Crippen LogP contribution in [0.3, 0.4) is 0 Å². The SMILES string of the molecule is CC(C)CC1CCC[C@@H](C(=O)C[C@H](C(=O)N[C@@H](CN)C(=O)C(C)C)[C@H](C)O)C1. The molecule has 1 rings (SSSR count). The summed E-state index contributed by atoms with van der Waals surface area (Å²) in [5, 5.41) is 12.8. The number of amides is 1. The minimum Gasteiger partial charge on any atom is -0.393 e. The molecule has 1 aliphatic carbocycles. The van der Waals surface area contributed by atoms with E-state index in [-0.39, 0.29) is 36.4 Å². The van der Waals surface area contributed by atoms with Crippen LogP contribution in [0.2, 0.25) is 0 Å². The first-order chi connectivity index (χ1) is 13.1. The van der Waals surface area contributed by atoms with E-state index in [0.717, 1.165) is 32.1 Å². The molecular weight excluding hydrogens is 356 g/mol. The standard InChI is InChI=1S/C22H40N2O4/c1-13(2)9-16-7-6-8-17(10-16)20(26)11-18(15(5)25)22(28)24-19(12-23)21(27)14(3)4/h13-19,25H,6-12,23H2,1-5H3,(H,24,28)/t15-,16?,17+,18-,19-/m0/s1. The van der Waals surface area contributed by atoms with Gasteiger partial charge in [0, 0.05) is 24.8 Å². The summed E-state index contributed by atoms with van der Waals surface area (Å²) in [4.78, 5) is 37.7. The predicted molar refractivity (Wildman–Crippen MR) is 111 cm³/mol. The number of hydrogen-bond donors (Lipinski definition) is 3. The van der Waals surface area contributed by atoms with E-state index in [4.69, 9.17) is 5.73 Å². The summed E-state index contributed by atoms with van der Waals surface area (Å²) < 4.78 is 0. The van der Waals surface area contributed by atoms with Crippen LogP contribution in [0.5, 0.6) is 0 Å². The summed E-state index contributed by atoms with van der Waals surface area (Å²) in [6.07, 6.45) is 4.11. The molecule has 4 N–H and O–H groups in total. The van der Waals surface area contributed by atoms with Crippen molar-refractivity contribution >= 4 is 17.5 Å². The first-order valence-electron chi connectivity index (χ1n) is 10.8. The van der Waals surface area contributed by atoms with Crippen molar-refractivity contribution in [2.45, 2.75) is 85.3 Å². The largest absolute Gasteiger partial charge is 0.393 e. The lowest BCUT2D eigenvalue weighted by molar-refractivity contribution is -0.137. The average Bonchev–Trinajstić information content (AvgIpc) is 2.62. The molecule has 6 nitrogen and oxygen atoms in total. The lowest BCUT2D eigenvalue weighted by Gasteiger charge is -2.30. The Kier molecular flexibility index (Phi) is 10.3. The van der Waals surface area contributed by atoms with E-state index >= 15 is 0 Å². The van der Waals surface area contributed by atoms with Gasteiger partial charge < -0.3 is 16.2 Å². The highest BCUT2D eigenvalue weighted by Crippen LogP contribution is 2.34. The number of aliphatic hydroxyl groups is 1. The summed E-state index contributed by atoms with van der Waals surface area (Å²) in [5.41, 5.74) is 5.64. The summed E-state index contributed by atoms with van der Waals surface area (Å²) >= 11 is 0. The minimum atomic E-state index is -0.966. The Balaban J connectivity index is 2.73. The number of ketones is 2. The molecule has 6 heteroatoms. The van der Waals surface area contributed by atoms with Crippen LogP contribution in [0.4, 0.5) is 0 Å². The number of nitrogens with one attached hydrogen (secondary N) is 1. The van der Waals surface area contributed by atoms with Gasteiger partial charge in [-0.2, -0.15) is 0 Å². The van der Waals surface area contributed by atoms with Crippen molar-refractivity contribution in [2.75, 3.05) is 6.54 Å². The zero-order valence-electron chi connectivity index (χ0n) is 18.2. The Bertz CT molecular complexity index is 531. The maximum Gasteiger partial charge on any atom is 0.226 e. The number of carbonyl (C=O) groups is 3. The Morgan fingerprint density at radius 1 is 1.11 bits per heavy atom. The van der Waals surface area contributed by atoms with E-state index in [1.807, 2.05) is 0 Å². The first kappa shape index (κ1) is 24.8. The fourth-order valence-corrected chi connectivity index (χ4v) is 4.26. The summed E-state index contributed by atoms with van der Waals surface area (Å²) in [6, 6.07) is -0.783. The number of nitrogens with two attached hydrogens (primary N) is 1. The van der Waals surface area contributed by atoms with Gasteiger partial charge in [0.25, 0.3) is 0 Å². The van der Waals surface area contributed by atoms with Gasteiger partial charge in [-0.15, -0.1) is 0 Å². The zero-order valence-corrected chi connectivity index (χ0v) is 18.2. The number of aliphatic hydroxyl groups excluding tert-OH is 1. The van der Waals surface area contributed by atoms with E-state index in [0.29, 0.717) is 11.8 Å². The third-order valence-corrected chi connectivity index (χ3v) is 5.85. The molecule has 0 bridgehead atoms. The third kappa shape index (κ3) is 7.63. The number of carbonyl (C=O) groups excluding carboxylic acids is 3. The van der Waals surface area contributed by atoms with Gasteiger partial charge in [0.2, 0.25) is 5.91 Å². The van der Waals surface area contributed by atoms with Gasteiger partial charge in [-0.3, -0.25) is 14.4 Å². The second-order valence-electron chi connectivity index (χ2n) is 9.23. The van der Waals surface area contributed by atoms with Gasteiger partial charge in [-0.25, -0.2) is 0 Å². The average molecular weight is 397 g/mol. The normalized spacial score (nSPS) is 23.3. The van der Waals surface area contributed by atoms with Crippen LogP contribution >= 0.6 is 0 Å². The van der Waals surface area contributed by atoms with Gasteiger partial charge in [0.15, 0.2) is 5.78 Å². The molecule has 1 saturated carbocycles. The molecule has 0 aromatic carbocycles. The van der Waals surface area contributed by atoms with Crippen LogP contribution in [0.1, 0.15) is 73.1 Å². The molecule has 0 aliphatic heterocycles. The Hall–Kier alpha value is -1.27. The maximum atomic E-state index is 12.9. The molecule has 28 heavy (non-hydrogen) atoms. The monoisotopic (exact) mass is 396 g/mol. The van der Waals surface area contributed by atoms with E-state index in [2.05, 4.69) is 19.2 Å². The Labute approximate surface area is 170 Å². The van der Waals surface area contributed by atoms with Gasteiger partial charge in [-0.05, 0) is 38.0 Å². The summed E-state index contributed by atoms with van der Waals surface area (Å²) in [7, 11) is 0. The van der Waals surface area contributed by atoms with Crippen LogP contribution in [-0.2, 0) is 14.4 Å². The first-order valence-corrected chi connectivity index (χ1v) is 10.8. The zero-order chi connectivity index (χ0) is 21.4. The van der Waals surface area contributed by atoms with Gasteiger partial charge in [-0.1, -0.05) is 40.5 Å². The topological polar surface area (TPSA) is 109 Å². The minimum absolute atomic E-state index is 0.00271. The van der Waals surface area contributed by atoms with Crippen LogP contribution in [0.25, 0.3) is 0 Å². The third-order valence-electron chi connectivity index (χ3n) is 5.85.